The van der Waals surface area contributed by atoms with Crippen molar-refractivity contribution in [2.24, 2.45) is 28.9 Å². The molecule has 54 heavy (non-hydrogen) atoms. The number of hydrogen-bond donors (Lipinski definition) is 5. The van der Waals surface area contributed by atoms with Gasteiger partial charge in [-0.1, -0.05) is 34.6 Å². The molecule has 3 aliphatic heterocycles. The van der Waals surface area contributed by atoms with Crippen LogP contribution in [0.5, 0.6) is 0 Å². The molecule has 0 radical (unpaired) electrons. The van der Waals surface area contributed by atoms with Crippen LogP contribution in [0.25, 0.3) is 0 Å². The minimum atomic E-state index is -1.76. The highest BCUT2D eigenvalue weighted by Crippen LogP contribution is 2.44. The second-order valence-corrected chi connectivity index (χ2v) is 18.1. The molecule has 14 nitrogen and oxygen atoms in total. The average molecular weight is 776 g/mol. The molecule has 0 aromatic heterocycles. The quantitative estimate of drug-likeness (QED) is 0.216. The normalized spacial score (nSPS) is 47.4. The van der Waals surface area contributed by atoms with E-state index >= 15 is 0 Å². The number of hydrogen-bond acceptors (Lipinski definition) is 14. The molecular weight excluding hydrogens is 698 g/mol. The van der Waals surface area contributed by atoms with Crippen LogP contribution >= 0.6 is 0 Å². The Kier molecular flexibility index (Phi) is 16.4. The summed E-state index contributed by atoms with van der Waals surface area (Å²) in [6.45, 7) is 21.3. The lowest BCUT2D eigenvalue weighted by Gasteiger charge is -2.53. The summed E-state index contributed by atoms with van der Waals surface area (Å²) in [6.07, 6.45) is -4.71. The Morgan fingerprint density at radius 1 is 0.963 bits per heavy atom. The zero-order valence-corrected chi connectivity index (χ0v) is 36.0. The SMILES string of the molecule is CC[C@H]1OC(=O)C(C)C(OC2CC(C)(OC)C(O)(CN)C(C)O2)C(C)C(OC2OC(C)CC(N(C)C)C2OC)C(C)(C)CC(C)CNC(C)C(O)C1(C)O. The fraction of sp³-hybridized carbons (Fsp3) is 0.975. The largest absolute Gasteiger partial charge is 0.459 e. The topological polar surface area (TPSA) is 184 Å². The van der Waals surface area contributed by atoms with Gasteiger partial charge in [0.1, 0.15) is 35.1 Å². The van der Waals surface area contributed by atoms with Gasteiger partial charge in [-0.2, -0.15) is 0 Å². The molecule has 0 aromatic carbocycles. The minimum Gasteiger partial charge on any atom is -0.459 e. The predicted octanol–water partition coefficient (Wildman–Crippen LogP) is 2.82. The van der Waals surface area contributed by atoms with Gasteiger partial charge in [0.2, 0.25) is 0 Å². The zero-order valence-electron chi connectivity index (χ0n) is 36.0. The molecule has 3 heterocycles. The summed E-state index contributed by atoms with van der Waals surface area (Å²) in [7, 11) is 7.25. The number of aliphatic hydroxyl groups is 3. The Morgan fingerprint density at radius 2 is 1.59 bits per heavy atom. The van der Waals surface area contributed by atoms with Crippen LogP contribution in [-0.4, -0.2) is 152 Å². The molecule has 6 N–H and O–H groups in total. The van der Waals surface area contributed by atoms with Gasteiger partial charge in [0.25, 0.3) is 0 Å². The van der Waals surface area contributed by atoms with Crippen molar-refractivity contribution >= 4 is 5.97 Å². The van der Waals surface area contributed by atoms with E-state index in [2.05, 4.69) is 31.0 Å². The van der Waals surface area contributed by atoms with Crippen molar-refractivity contribution in [3.8, 4) is 0 Å². The van der Waals surface area contributed by atoms with Gasteiger partial charge in [-0.05, 0) is 92.8 Å². The van der Waals surface area contributed by atoms with Gasteiger partial charge >= 0.3 is 5.97 Å². The molecular formula is C40H77N3O11. The Hall–Kier alpha value is -1.01. The number of ether oxygens (including phenoxy) is 7. The van der Waals surface area contributed by atoms with E-state index in [0.29, 0.717) is 13.0 Å². The van der Waals surface area contributed by atoms with Crippen molar-refractivity contribution in [2.45, 2.75) is 186 Å². The molecule has 0 aliphatic carbocycles. The number of aliphatic hydroxyl groups excluding tert-OH is 1. The molecule has 3 fully saturated rings. The summed E-state index contributed by atoms with van der Waals surface area (Å²) in [6, 6.07) is -0.469. The van der Waals surface area contributed by atoms with Gasteiger partial charge in [-0.25, -0.2) is 0 Å². The van der Waals surface area contributed by atoms with Gasteiger partial charge in [0, 0.05) is 45.2 Å². The van der Waals surface area contributed by atoms with E-state index in [0.717, 1.165) is 6.42 Å². The molecule has 3 rings (SSSR count). The van der Waals surface area contributed by atoms with Gasteiger partial charge in [0.15, 0.2) is 12.6 Å². The van der Waals surface area contributed by atoms with E-state index in [1.165, 1.54) is 14.0 Å². The third-order valence-corrected chi connectivity index (χ3v) is 13.0. The predicted molar refractivity (Wildman–Crippen MR) is 205 cm³/mol. The number of nitrogens with one attached hydrogen (secondary N) is 1. The minimum absolute atomic E-state index is 0.0327. The van der Waals surface area contributed by atoms with Crippen molar-refractivity contribution in [2.75, 3.05) is 41.4 Å². The van der Waals surface area contributed by atoms with E-state index < -0.39 is 95.3 Å². The van der Waals surface area contributed by atoms with Crippen molar-refractivity contribution in [1.29, 1.82) is 0 Å². The fourth-order valence-electron chi connectivity index (χ4n) is 9.42. The van der Waals surface area contributed by atoms with Crippen LogP contribution in [0.3, 0.4) is 0 Å². The second kappa shape index (κ2) is 18.7. The molecule has 3 saturated heterocycles. The third-order valence-electron chi connectivity index (χ3n) is 13.0. The summed E-state index contributed by atoms with van der Waals surface area (Å²) in [5.41, 5.74) is 1.17. The van der Waals surface area contributed by atoms with E-state index in [4.69, 9.17) is 38.9 Å². The molecule has 0 amide bonds. The second-order valence-electron chi connectivity index (χ2n) is 18.1. The summed E-state index contributed by atoms with van der Waals surface area (Å²) in [5.74, 6) is -1.87. The lowest BCUT2D eigenvalue weighted by Crippen LogP contribution is -2.69. The van der Waals surface area contributed by atoms with Crippen LogP contribution in [0.4, 0.5) is 0 Å². The first-order valence-electron chi connectivity index (χ1n) is 20.1. The third kappa shape index (κ3) is 9.98. The lowest BCUT2D eigenvalue weighted by molar-refractivity contribution is -0.334. The standard InChI is InChI=1S/C40H77N3O11/c1-16-29-39(11,46)33(44)26(6)42-20-22(2)18-37(8,9)34(54-36-32(48-14)28(43(12)13)17-23(3)50-36)24(4)31(25(5)35(45)52-29)53-30-19-38(10,49-15)40(47,21-41)27(7)51-30/h22-34,36,42,44,46-47H,16-21,41H2,1-15H3/t22?,23?,24?,25?,26?,27?,28?,29-,30?,31?,32?,33?,34?,36?,38?,39?,40?/m1/s1. The molecule has 0 spiro atoms. The van der Waals surface area contributed by atoms with E-state index in [9.17, 15) is 20.1 Å². The van der Waals surface area contributed by atoms with E-state index in [1.54, 1.807) is 34.8 Å². The highest BCUT2D eigenvalue weighted by molar-refractivity contribution is 5.73. The smallest absolute Gasteiger partial charge is 0.311 e. The molecule has 0 bridgehead atoms. The fourth-order valence-corrected chi connectivity index (χ4v) is 9.42. The Morgan fingerprint density at radius 3 is 2.13 bits per heavy atom. The van der Waals surface area contributed by atoms with Gasteiger partial charge in [0.05, 0.1) is 30.3 Å². The van der Waals surface area contributed by atoms with Gasteiger partial charge in [-0.15, -0.1) is 0 Å². The maximum absolute atomic E-state index is 14.3. The first kappa shape index (κ1) is 47.4. The number of nitrogens with zero attached hydrogens (tertiary/aromatic N) is 1. The molecule has 318 valence electrons. The molecule has 14 heteroatoms. The Bertz CT molecular complexity index is 1190. The number of carbonyl (C=O) groups excluding carboxylic acids is 1. The van der Waals surface area contributed by atoms with Gasteiger partial charge in [-0.3, -0.25) is 4.79 Å². The number of esters is 1. The van der Waals surface area contributed by atoms with Crippen molar-refractivity contribution < 1.29 is 53.3 Å². The number of cyclic esters (lactones) is 1. The summed E-state index contributed by atoms with van der Waals surface area (Å²) in [4.78, 5) is 16.5. The summed E-state index contributed by atoms with van der Waals surface area (Å²) < 4.78 is 45.0. The van der Waals surface area contributed by atoms with Crippen LogP contribution in [0, 0.1) is 23.2 Å². The number of nitrogens with two attached hydrogens (primary N) is 1. The van der Waals surface area contributed by atoms with Crippen LogP contribution in [0.15, 0.2) is 0 Å². The maximum Gasteiger partial charge on any atom is 0.311 e. The number of methoxy groups -OCH3 is 2. The Labute approximate surface area is 325 Å². The van der Waals surface area contributed by atoms with Gasteiger partial charge < -0.3 is 64.4 Å². The van der Waals surface area contributed by atoms with Crippen molar-refractivity contribution in [1.82, 2.24) is 10.2 Å². The molecule has 17 atom stereocenters. The monoisotopic (exact) mass is 776 g/mol. The van der Waals surface area contributed by atoms with Crippen molar-refractivity contribution in [3.63, 3.8) is 0 Å². The van der Waals surface area contributed by atoms with Crippen LogP contribution in [0.2, 0.25) is 0 Å². The Balaban J connectivity index is 2.19. The summed E-state index contributed by atoms with van der Waals surface area (Å²) in [5, 5.41) is 38.1. The summed E-state index contributed by atoms with van der Waals surface area (Å²) >= 11 is 0. The highest BCUT2D eigenvalue weighted by atomic mass is 16.7. The molecule has 16 unspecified atom stereocenters. The first-order chi connectivity index (χ1) is 24.9. The zero-order chi connectivity index (χ0) is 41.1. The van der Waals surface area contributed by atoms with E-state index in [-0.39, 0.29) is 37.5 Å². The van der Waals surface area contributed by atoms with E-state index in [1.807, 2.05) is 34.9 Å². The highest BCUT2D eigenvalue weighted by Gasteiger charge is 2.58. The van der Waals surface area contributed by atoms with Crippen molar-refractivity contribution in [3.05, 3.63) is 0 Å². The average Bonchev–Trinajstić information content (AvgIpc) is 3.10. The van der Waals surface area contributed by atoms with Crippen LogP contribution in [0.1, 0.15) is 102 Å². The molecule has 3 aliphatic rings. The first-order valence-corrected chi connectivity index (χ1v) is 20.1. The number of rotatable bonds is 9. The van der Waals surface area contributed by atoms with Crippen LogP contribution in [-0.2, 0) is 38.0 Å². The maximum atomic E-state index is 14.3. The number of likely N-dealkylation sites (N-methyl/N-ethyl adjacent to an activating group) is 1. The molecule has 0 saturated carbocycles. The number of carbonyl (C=O) groups is 1. The van der Waals surface area contributed by atoms with Crippen LogP contribution < -0.4 is 11.1 Å². The lowest BCUT2D eigenvalue weighted by atomic mass is 9.71. The molecule has 0 aromatic rings.